The highest BCUT2D eigenvalue weighted by atomic mass is 16.2. The van der Waals surface area contributed by atoms with Crippen molar-refractivity contribution in [3.05, 3.63) is 11.6 Å². The first-order valence-corrected chi connectivity index (χ1v) is 5.47. The molecule has 1 saturated heterocycles. The lowest BCUT2D eigenvalue weighted by molar-refractivity contribution is -0.128. The smallest absolute Gasteiger partial charge is 0.223 e. The molecule has 0 radical (unpaired) electrons. The van der Waals surface area contributed by atoms with Crippen LogP contribution in [0.1, 0.15) is 40.0 Å². The summed E-state index contributed by atoms with van der Waals surface area (Å²) in [5, 5.41) is 0. The van der Waals surface area contributed by atoms with Crippen LogP contribution in [-0.4, -0.2) is 23.4 Å². The van der Waals surface area contributed by atoms with Crippen molar-refractivity contribution in [2.45, 2.75) is 46.1 Å². The molecular weight excluding hydrogens is 174 g/mol. The Morgan fingerprint density at radius 2 is 2.14 bits per heavy atom. The lowest BCUT2D eigenvalue weighted by Gasteiger charge is -2.34. The summed E-state index contributed by atoms with van der Waals surface area (Å²) in [6, 6.07) is 0.502. The Labute approximate surface area is 86.0 Å². The topological polar surface area (TPSA) is 20.3 Å². The van der Waals surface area contributed by atoms with Crippen LogP contribution in [0.15, 0.2) is 11.6 Å². The Morgan fingerprint density at radius 1 is 1.43 bits per heavy atom. The third-order valence-corrected chi connectivity index (χ3v) is 3.41. The molecule has 1 fully saturated rings. The first kappa shape index (κ1) is 9.75. The first-order chi connectivity index (χ1) is 6.48. The van der Waals surface area contributed by atoms with Crippen molar-refractivity contribution in [1.29, 1.82) is 0 Å². The number of nitrogens with zero attached hydrogens (tertiary/aromatic N) is 1. The van der Waals surface area contributed by atoms with Gasteiger partial charge in [-0.2, -0.15) is 0 Å². The first-order valence-electron chi connectivity index (χ1n) is 5.47. The maximum Gasteiger partial charge on any atom is 0.223 e. The van der Waals surface area contributed by atoms with Crippen LogP contribution in [0.5, 0.6) is 0 Å². The van der Waals surface area contributed by atoms with Crippen LogP contribution in [0.25, 0.3) is 0 Å². The van der Waals surface area contributed by atoms with E-state index in [-0.39, 0.29) is 5.41 Å². The van der Waals surface area contributed by atoms with Gasteiger partial charge in [-0.15, -0.1) is 0 Å². The number of amides is 1. The number of rotatable bonds is 0. The van der Waals surface area contributed by atoms with Gasteiger partial charge in [0.1, 0.15) is 0 Å². The van der Waals surface area contributed by atoms with E-state index in [1.54, 1.807) is 0 Å². The average Bonchev–Trinajstić information content (AvgIpc) is 2.46. The fourth-order valence-corrected chi connectivity index (χ4v) is 2.41. The number of carbonyl (C=O) groups excluding carboxylic acids is 1. The van der Waals surface area contributed by atoms with Gasteiger partial charge in [0.2, 0.25) is 5.91 Å². The SMILES string of the molecule is CC(C)(C)C1=CCN2C(=O)CCC2C1. The second-order valence-electron chi connectivity index (χ2n) is 5.42. The molecule has 0 aromatic heterocycles. The summed E-state index contributed by atoms with van der Waals surface area (Å²) in [4.78, 5) is 13.5. The third kappa shape index (κ3) is 1.58. The van der Waals surface area contributed by atoms with Crippen LogP contribution >= 0.6 is 0 Å². The molecule has 0 aromatic rings. The molecular formula is C12H19NO. The van der Waals surface area contributed by atoms with Crippen molar-refractivity contribution in [2.24, 2.45) is 5.41 Å². The molecule has 2 rings (SSSR count). The Balaban J connectivity index is 2.15. The highest BCUT2D eigenvalue weighted by Gasteiger charge is 2.35. The van der Waals surface area contributed by atoms with E-state index in [0.29, 0.717) is 11.9 Å². The third-order valence-electron chi connectivity index (χ3n) is 3.41. The molecule has 1 amide bonds. The largest absolute Gasteiger partial charge is 0.336 e. The Hall–Kier alpha value is -0.790. The molecule has 0 N–H and O–H groups in total. The van der Waals surface area contributed by atoms with E-state index in [0.717, 1.165) is 25.8 Å². The molecule has 2 aliphatic rings. The Bertz CT molecular complexity index is 285. The molecule has 0 spiro atoms. The number of fused-ring (bicyclic) bond motifs is 1. The van der Waals surface area contributed by atoms with Crippen molar-refractivity contribution in [3.8, 4) is 0 Å². The van der Waals surface area contributed by atoms with Crippen LogP contribution in [0, 0.1) is 5.41 Å². The van der Waals surface area contributed by atoms with Gasteiger partial charge < -0.3 is 4.90 Å². The van der Waals surface area contributed by atoms with Crippen molar-refractivity contribution < 1.29 is 4.79 Å². The molecule has 0 bridgehead atoms. The van der Waals surface area contributed by atoms with E-state index >= 15 is 0 Å². The van der Waals surface area contributed by atoms with Crippen LogP contribution in [0.3, 0.4) is 0 Å². The average molecular weight is 193 g/mol. The van der Waals surface area contributed by atoms with Crippen LogP contribution in [0.4, 0.5) is 0 Å². The molecule has 14 heavy (non-hydrogen) atoms. The summed E-state index contributed by atoms with van der Waals surface area (Å²) in [6.45, 7) is 7.61. The summed E-state index contributed by atoms with van der Waals surface area (Å²) in [5.41, 5.74) is 1.80. The second-order valence-corrected chi connectivity index (χ2v) is 5.42. The van der Waals surface area contributed by atoms with E-state index in [2.05, 4.69) is 26.8 Å². The monoisotopic (exact) mass is 193 g/mol. The predicted octanol–water partition coefficient (Wildman–Crippen LogP) is 2.35. The van der Waals surface area contributed by atoms with E-state index in [1.807, 2.05) is 4.90 Å². The quantitative estimate of drug-likeness (QED) is 0.541. The van der Waals surface area contributed by atoms with E-state index in [1.165, 1.54) is 5.57 Å². The molecule has 2 heteroatoms. The number of hydrogen-bond acceptors (Lipinski definition) is 1. The van der Waals surface area contributed by atoms with Crippen molar-refractivity contribution in [2.75, 3.05) is 6.54 Å². The molecule has 2 nitrogen and oxygen atoms in total. The molecule has 0 aromatic carbocycles. The molecule has 2 aliphatic heterocycles. The predicted molar refractivity (Wildman–Crippen MR) is 56.9 cm³/mol. The van der Waals surface area contributed by atoms with Gasteiger partial charge in [-0.05, 0) is 18.3 Å². The zero-order valence-electron chi connectivity index (χ0n) is 9.34. The highest BCUT2D eigenvalue weighted by Crippen LogP contribution is 2.36. The number of hydrogen-bond donors (Lipinski definition) is 0. The van der Waals surface area contributed by atoms with E-state index in [4.69, 9.17) is 0 Å². The van der Waals surface area contributed by atoms with Gasteiger partial charge in [-0.25, -0.2) is 0 Å². The summed E-state index contributed by atoms with van der Waals surface area (Å²) >= 11 is 0. The minimum atomic E-state index is 0.276. The zero-order valence-corrected chi connectivity index (χ0v) is 9.34. The van der Waals surface area contributed by atoms with Crippen LogP contribution in [0.2, 0.25) is 0 Å². The van der Waals surface area contributed by atoms with Gasteiger partial charge in [0, 0.05) is 19.0 Å². The van der Waals surface area contributed by atoms with Crippen LogP contribution in [-0.2, 0) is 4.79 Å². The highest BCUT2D eigenvalue weighted by molar-refractivity contribution is 5.79. The Kier molecular flexibility index (Phi) is 2.17. The molecule has 78 valence electrons. The molecule has 1 unspecified atom stereocenters. The molecule has 2 heterocycles. The fourth-order valence-electron chi connectivity index (χ4n) is 2.41. The standard InChI is InChI=1S/C12H19NO/c1-12(2,3)9-6-7-13-10(8-9)4-5-11(13)14/h6,10H,4-5,7-8H2,1-3H3. The maximum absolute atomic E-state index is 11.5. The van der Waals surface area contributed by atoms with Gasteiger partial charge in [-0.1, -0.05) is 32.4 Å². The minimum absolute atomic E-state index is 0.276. The maximum atomic E-state index is 11.5. The van der Waals surface area contributed by atoms with Gasteiger partial charge in [0.05, 0.1) is 0 Å². The summed E-state index contributed by atoms with van der Waals surface area (Å²) in [6.07, 6.45) is 5.16. The van der Waals surface area contributed by atoms with Crippen LogP contribution < -0.4 is 0 Å². The van der Waals surface area contributed by atoms with Gasteiger partial charge in [0.15, 0.2) is 0 Å². The molecule has 0 saturated carbocycles. The van der Waals surface area contributed by atoms with Gasteiger partial charge in [0.25, 0.3) is 0 Å². The van der Waals surface area contributed by atoms with Gasteiger partial charge >= 0.3 is 0 Å². The summed E-state index contributed by atoms with van der Waals surface area (Å²) in [7, 11) is 0. The lowest BCUT2D eigenvalue weighted by Crippen LogP contribution is -2.38. The van der Waals surface area contributed by atoms with Crippen molar-refractivity contribution in [1.82, 2.24) is 4.90 Å². The molecule has 1 atom stereocenters. The van der Waals surface area contributed by atoms with Crippen molar-refractivity contribution >= 4 is 5.91 Å². The number of carbonyl (C=O) groups is 1. The minimum Gasteiger partial charge on any atom is -0.336 e. The van der Waals surface area contributed by atoms with Gasteiger partial charge in [-0.3, -0.25) is 4.79 Å². The zero-order chi connectivity index (χ0) is 10.3. The molecule has 0 aliphatic carbocycles. The fraction of sp³-hybridized carbons (Fsp3) is 0.750. The lowest BCUT2D eigenvalue weighted by atomic mass is 9.81. The van der Waals surface area contributed by atoms with E-state index < -0.39 is 0 Å². The normalized spacial score (nSPS) is 27.6. The summed E-state index contributed by atoms with van der Waals surface area (Å²) < 4.78 is 0. The second kappa shape index (κ2) is 3.11. The van der Waals surface area contributed by atoms with E-state index in [9.17, 15) is 4.79 Å². The Morgan fingerprint density at radius 3 is 2.79 bits per heavy atom. The summed E-state index contributed by atoms with van der Waals surface area (Å²) in [5.74, 6) is 0.346. The van der Waals surface area contributed by atoms with Crippen molar-refractivity contribution in [3.63, 3.8) is 0 Å².